The zero-order chi connectivity index (χ0) is 12.4. The molecular weight excluding hydrogens is 304 g/mol. The molecule has 1 N–H and O–H groups in total. The van der Waals surface area contributed by atoms with Crippen LogP contribution in [0.3, 0.4) is 0 Å². The molecule has 0 aliphatic heterocycles. The van der Waals surface area contributed by atoms with Gasteiger partial charge in [0.05, 0.1) is 10.5 Å². The van der Waals surface area contributed by atoms with E-state index >= 15 is 0 Å². The minimum absolute atomic E-state index is 0.206. The summed E-state index contributed by atoms with van der Waals surface area (Å²) in [4.78, 5) is 15.6. The molecule has 0 spiro atoms. The molecular formula is C12H9BrClN2O. The van der Waals surface area contributed by atoms with E-state index in [1.807, 2.05) is 18.2 Å². The lowest BCUT2D eigenvalue weighted by Crippen LogP contribution is -2.11. The van der Waals surface area contributed by atoms with Crippen LogP contribution in [0.25, 0.3) is 10.9 Å². The summed E-state index contributed by atoms with van der Waals surface area (Å²) in [7, 11) is 0. The lowest BCUT2D eigenvalue weighted by Gasteiger charge is -2.06. The average Bonchev–Trinajstić information content (AvgIpc) is 2.28. The quantitative estimate of drug-likeness (QED) is 0.916. The number of fused-ring (bicyclic) bond motifs is 1. The number of carbonyl (C=O) groups is 1. The molecule has 0 aliphatic carbocycles. The van der Waals surface area contributed by atoms with Gasteiger partial charge in [0.2, 0.25) is 5.91 Å². The molecule has 2 aromatic rings. The van der Waals surface area contributed by atoms with Crippen LogP contribution in [-0.4, -0.2) is 10.9 Å². The van der Waals surface area contributed by atoms with Crippen molar-refractivity contribution in [3.63, 3.8) is 0 Å². The number of carbonyl (C=O) groups excluding carboxylic acids is 1. The van der Waals surface area contributed by atoms with Gasteiger partial charge in [0.25, 0.3) is 0 Å². The van der Waals surface area contributed by atoms with Crippen molar-refractivity contribution in [2.75, 3.05) is 5.32 Å². The smallest absolute Gasteiger partial charge is 0.229 e. The Morgan fingerprint density at radius 1 is 1.47 bits per heavy atom. The standard InChI is InChI=1S/C12H9BrClN2O/c1-2-12(17)16-11-6-9(14)8-4-3-7(13)5-10(8)15-11/h2-6H,1H3,(H,15,16,17). The Kier molecular flexibility index (Phi) is 3.64. The molecule has 5 heteroatoms. The second-order valence-electron chi connectivity index (χ2n) is 3.43. The maximum atomic E-state index is 11.2. The predicted octanol–water partition coefficient (Wildman–Crippen LogP) is 3.81. The first-order valence-corrected chi connectivity index (χ1v) is 6.13. The van der Waals surface area contributed by atoms with Gasteiger partial charge in [-0.1, -0.05) is 40.5 Å². The molecule has 0 saturated carbocycles. The molecule has 0 unspecified atom stereocenters. The van der Waals surface area contributed by atoms with Crippen molar-refractivity contribution in [1.82, 2.24) is 4.98 Å². The van der Waals surface area contributed by atoms with Gasteiger partial charge in [-0.3, -0.25) is 4.79 Å². The maximum absolute atomic E-state index is 11.2. The van der Waals surface area contributed by atoms with Gasteiger partial charge in [0, 0.05) is 22.3 Å². The number of nitrogens with one attached hydrogen (secondary N) is 1. The van der Waals surface area contributed by atoms with Gasteiger partial charge < -0.3 is 5.32 Å². The summed E-state index contributed by atoms with van der Waals surface area (Å²) < 4.78 is 0.916. The zero-order valence-electron chi connectivity index (χ0n) is 9.00. The van der Waals surface area contributed by atoms with E-state index in [9.17, 15) is 4.79 Å². The topological polar surface area (TPSA) is 42.0 Å². The van der Waals surface area contributed by atoms with E-state index in [-0.39, 0.29) is 5.91 Å². The van der Waals surface area contributed by atoms with Crippen molar-refractivity contribution in [3.05, 3.63) is 40.2 Å². The molecule has 0 aliphatic rings. The Balaban J connectivity index is 2.50. The molecule has 2 rings (SSSR count). The van der Waals surface area contributed by atoms with Crippen molar-refractivity contribution in [2.24, 2.45) is 0 Å². The maximum Gasteiger partial charge on any atom is 0.229 e. The molecule has 1 radical (unpaired) electrons. The summed E-state index contributed by atoms with van der Waals surface area (Å²) in [6.45, 7) is 1.66. The third-order valence-corrected chi connectivity index (χ3v) is 3.04. The van der Waals surface area contributed by atoms with Gasteiger partial charge in [-0.05, 0) is 12.1 Å². The van der Waals surface area contributed by atoms with Crippen LogP contribution in [0.2, 0.25) is 5.02 Å². The summed E-state index contributed by atoms with van der Waals surface area (Å²) in [5.41, 5.74) is 0.735. The van der Waals surface area contributed by atoms with Crippen LogP contribution in [0.1, 0.15) is 6.92 Å². The zero-order valence-corrected chi connectivity index (χ0v) is 11.3. The van der Waals surface area contributed by atoms with Crippen molar-refractivity contribution in [2.45, 2.75) is 6.92 Å². The SMILES string of the molecule is C[CH]C(=O)Nc1cc(Cl)c2ccc(Br)cc2n1. The molecule has 0 atom stereocenters. The normalized spacial score (nSPS) is 10.5. The molecule has 17 heavy (non-hydrogen) atoms. The molecule has 0 saturated heterocycles. The summed E-state index contributed by atoms with van der Waals surface area (Å²) in [6, 6.07) is 7.27. The van der Waals surface area contributed by atoms with Crippen LogP contribution in [0.5, 0.6) is 0 Å². The fourth-order valence-electron chi connectivity index (χ4n) is 1.42. The largest absolute Gasteiger partial charge is 0.310 e. The van der Waals surface area contributed by atoms with Gasteiger partial charge >= 0.3 is 0 Å². The van der Waals surface area contributed by atoms with Crippen LogP contribution in [0, 0.1) is 6.42 Å². The highest BCUT2D eigenvalue weighted by Gasteiger charge is 2.06. The number of anilines is 1. The molecule has 1 heterocycles. The first-order valence-electron chi connectivity index (χ1n) is 4.96. The van der Waals surface area contributed by atoms with Crippen molar-refractivity contribution < 1.29 is 4.79 Å². The fraction of sp³-hybridized carbons (Fsp3) is 0.0833. The molecule has 0 fully saturated rings. The monoisotopic (exact) mass is 311 g/mol. The second kappa shape index (κ2) is 5.02. The summed E-state index contributed by atoms with van der Waals surface area (Å²) in [6.07, 6.45) is 1.43. The van der Waals surface area contributed by atoms with E-state index in [1.165, 1.54) is 6.42 Å². The first kappa shape index (κ1) is 12.3. The molecule has 1 aromatic carbocycles. The van der Waals surface area contributed by atoms with E-state index in [0.717, 1.165) is 15.4 Å². The molecule has 0 bridgehead atoms. The Bertz CT molecular complexity index is 586. The number of aromatic nitrogens is 1. The Labute approximate surface area is 112 Å². The number of rotatable bonds is 2. The highest BCUT2D eigenvalue weighted by atomic mass is 79.9. The van der Waals surface area contributed by atoms with Crippen LogP contribution in [-0.2, 0) is 4.79 Å². The van der Waals surface area contributed by atoms with Crippen molar-refractivity contribution in [1.29, 1.82) is 0 Å². The highest BCUT2D eigenvalue weighted by Crippen LogP contribution is 2.27. The van der Waals surface area contributed by atoms with Gasteiger partial charge in [0.15, 0.2) is 0 Å². The Hall–Kier alpha value is -1.13. The van der Waals surface area contributed by atoms with E-state index < -0.39 is 0 Å². The van der Waals surface area contributed by atoms with E-state index in [1.54, 1.807) is 13.0 Å². The number of pyridine rings is 1. The van der Waals surface area contributed by atoms with Crippen molar-refractivity contribution in [3.8, 4) is 0 Å². The average molecular weight is 313 g/mol. The van der Waals surface area contributed by atoms with Crippen LogP contribution < -0.4 is 5.32 Å². The van der Waals surface area contributed by atoms with Crippen molar-refractivity contribution >= 4 is 50.2 Å². The Morgan fingerprint density at radius 2 is 2.24 bits per heavy atom. The van der Waals surface area contributed by atoms with Gasteiger partial charge in [-0.15, -0.1) is 0 Å². The molecule has 87 valence electrons. The summed E-state index contributed by atoms with van der Waals surface area (Å²) in [5.74, 6) is 0.242. The molecule has 3 nitrogen and oxygen atoms in total. The minimum Gasteiger partial charge on any atom is -0.310 e. The minimum atomic E-state index is -0.206. The Morgan fingerprint density at radius 3 is 2.94 bits per heavy atom. The number of benzene rings is 1. The van der Waals surface area contributed by atoms with Gasteiger partial charge in [-0.25, -0.2) is 4.98 Å². The third kappa shape index (κ3) is 2.76. The first-order chi connectivity index (χ1) is 8.10. The third-order valence-electron chi connectivity index (χ3n) is 2.23. The van der Waals surface area contributed by atoms with E-state index in [4.69, 9.17) is 11.6 Å². The lowest BCUT2D eigenvalue weighted by atomic mass is 10.2. The summed E-state index contributed by atoms with van der Waals surface area (Å²) >= 11 is 9.49. The van der Waals surface area contributed by atoms with E-state index in [2.05, 4.69) is 26.2 Å². The number of hydrogen-bond acceptors (Lipinski definition) is 2. The number of amides is 1. The van der Waals surface area contributed by atoms with E-state index in [0.29, 0.717) is 10.8 Å². The molecule has 1 amide bonds. The van der Waals surface area contributed by atoms with Crippen LogP contribution in [0.4, 0.5) is 5.82 Å². The highest BCUT2D eigenvalue weighted by molar-refractivity contribution is 9.10. The van der Waals surface area contributed by atoms with Gasteiger partial charge in [-0.2, -0.15) is 0 Å². The number of halogens is 2. The van der Waals surface area contributed by atoms with Crippen LogP contribution in [0.15, 0.2) is 28.7 Å². The predicted molar refractivity (Wildman–Crippen MR) is 73.1 cm³/mol. The fourth-order valence-corrected chi connectivity index (χ4v) is 2.03. The lowest BCUT2D eigenvalue weighted by molar-refractivity contribution is -0.113. The summed E-state index contributed by atoms with van der Waals surface area (Å²) in [5, 5.41) is 4.06. The number of hydrogen-bond donors (Lipinski definition) is 1. The second-order valence-corrected chi connectivity index (χ2v) is 4.75. The van der Waals surface area contributed by atoms with Gasteiger partial charge in [0.1, 0.15) is 5.82 Å². The molecule has 1 aromatic heterocycles. The number of nitrogens with zero attached hydrogens (tertiary/aromatic N) is 1. The van der Waals surface area contributed by atoms with Crippen LogP contribution >= 0.6 is 27.5 Å².